The zero-order valence-corrected chi connectivity index (χ0v) is 7.26. The van der Waals surface area contributed by atoms with Gasteiger partial charge in [0.25, 0.3) is 0 Å². The maximum absolute atomic E-state index is 8.56. The topological polar surface area (TPSA) is 41.6 Å². The first-order chi connectivity index (χ1) is 5.15. The van der Waals surface area contributed by atoms with Crippen LogP contribution in [0.2, 0.25) is 0 Å². The van der Waals surface area contributed by atoms with Gasteiger partial charge in [0.15, 0.2) is 4.84 Å². The Kier molecular flexibility index (Phi) is 2.38. The molecule has 5 heteroatoms. The van der Waals surface area contributed by atoms with Gasteiger partial charge in [0.1, 0.15) is 11.8 Å². The number of aromatic nitrogens is 2. The fourth-order valence-electron chi connectivity index (χ4n) is 0.753. The molecule has 1 aromatic rings. The molecule has 0 saturated carbocycles. The Morgan fingerprint density at radius 1 is 1.73 bits per heavy atom. The first kappa shape index (κ1) is 8.38. The van der Waals surface area contributed by atoms with E-state index < -0.39 is 4.84 Å². The number of hydrogen-bond donors (Lipinski definition) is 0. The lowest BCUT2D eigenvalue weighted by Crippen LogP contribution is -1.90. The van der Waals surface area contributed by atoms with Crippen LogP contribution in [0.1, 0.15) is 16.1 Å². The van der Waals surface area contributed by atoms with E-state index >= 15 is 0 Å². The number of nitriles is 1. The summed E-state index contributed by atoms with van der Waals surface area (Å²) in [6.07, 6.45) is 1.58. The number of nitrogens with zero attached hydrogens (tertiary/aromatic N) is 3. The molecule has 11 heavy (non-hydrogen) atoms. The highest BCUT2D eigenvalue weighted by Crippen LogP contribution is 2.25. The van der Waals surface area contributed by atoms with Gasteiger partial charge in [-0.1, -0.05) is 23.2 Å². The van der Waals surface area contributed by atoms with Crippen LogP contribution in [0.5, 0.6) is 0 Å². The molecule has 0 aliphatic heterocycles. The van der Waals surface area contributed by atoms with Crippen molar-refractivity contribution >= 4 is 23.2 Å². The van der Waals surface area contributed by atoms with E-state index in [2.05, 4.69) is 5.10 Å². The van der Waals surface area contributed by atoms with Crippen molar-refractivity contribution in [1.29, 1.82) is 5.26 Å². The summed E-state index contributed by atoms with van der Waals surface area (Å²) in [5.74, 6) is 0. The quantitative estimate of drug-likeness (QED) is 0.633. The van der Waals surface area contributed by atoms with Crippen molar-refractivity contribution in [3.8, 4) is 6.07 Å². The molecule has 0 fully saturated rings. The Hall–Kier alpha value is -0.720. The van der Waals surface area contributed by atoms with Gasteiger partial charge >= 0.3 is 0 Å². The summed E-state index contributed by atoms with van der Waals surface area (Å²) in [5, 5.41) is 12.5. The van der Waals surface area contributed by atoms with Crippen LogP contribution in [-0.2, 0) is 7.05 Å². The second kappa shape index (κ2) is 3.12. The summed E-state index contributed by atoms with van der Waals surface area (Å²) in [6, 6.07) is 1.95. The largest absolute Gasteiger partial charge is 0.274 e. The molecule has 1 aromatic heterocycles. The van der Waals surface area contributed by atoms with Crippen molar-refractivity contribution in [3.05, 3.63) is 17.5 Å². The Bertz CT molecular complexity index is 297. The van der Waals surface area contributed by atoms with Crippen LogP contribution < -0.4 is 0 Å². The summed E-state index contributed by atoms with van der Waals surface area (Å²) in [6.45, 7) is 0. The molecule has 0 bridgehead atoms. The van der Waals surface area contributed by atoms with Gasteiger partial charge in [-0.25, -0.2) is 0 Å². The highest BCUT2D eigenvalue weighted by molar-refractivity contribution is 6.44. The average Bonchev–Trinajstić information content (AvgIpc) is 2.30. The third-order valence-electron chi connectivity index (χ3n) is 1.18. The van der Waals surface area contributed by atoms with Crippen molar-refractivity contribution in [1.82, 2.24) is 9.78 Å². The van der Waals surface area contributed by atoms with E-state index in [0.29, 0.717) is 11.3 Å². The monoisotopic (exact) mass is 189 g/mol. The van der Waals surface area contributed by atoms with Crippen LogP contribution >= 0.6 is 23.2 Å². The van der Waals surface area contributed by atoms with E-state index in [4.69, 9.17) is 28.5 Å². The molecule has 0 radical (unpaired) electrons. The highest BCUT2D eigenvalue weighted by atomic mass is 35.5. The van der Waals surface area contributed by atoms with Gasteiger partial charge in [-0.3, -0.25) is 4.68 Å². The average molecular weight is 190 g/mol. The molecule has 0 aliphatic carbocycles. The second-order valence-corrected chi connectivity index (χ2v) is 3.11. The Balaban J connectivity index is 3.15. The van der Waals surface area contributed by atoms with Crippen molar-refractivity contribution in [3.63, 3.8) is 0 Å². The van der Waals surface area contributed by atoms with Crippen molar-refractivity contribution in [2.75, 3.05) is 0 Å². The first-order valence-electron chi connectivity index (χ1n) is 2.87. The fraction of sp³-hybridized carbons (Fsp3) is 0.333. The van der Waals surface area contributed by atoms with Crippen LogP contribution in [0, 0.1) is 11.3 Å². The van der Waals surface area contributed by atoms with E-state index in [9.17, 15) is 0 Å². The molecule has 3 nitrogen and oxygen atoms in total. The molecule has 58 valence electrons. The lowest BCUT2D eigenvalue weighted by Gasteiger charge is -1.93. The number of rotatable bonds is 1. The Morgan fingerprint density at radius 3 is 2.73 bits per heavy atom. The summed E-state index contributed by atoms with van der Waals surface area (Å²) in [7, 11) is 1.71. The van der Waals surface area contributed by atoms with E-state index in [0.717, 1.165) is 0 Å². The number of halogens is 2. The minimum Gasteiger partial charge on any atom is -0.274 e. The molecule has 1 heterocycles. The number of hydrogen-bond acceptors (Lipinski definition) is 2. The van der Waals surface area contributed by atoms with Crippen molar-refractivity contribution in [2.45, 2.75) is 4.84 Å². The van der Waals surface area contributed by atoms with Gasteiger partial charge in [-0.15, -0.1) is 0 Å². The van der Waals surface area contributed by atoms with Crippen LogP contribution in [0.15, 0.2) is 6.20 Å². The zero-order chi connectivity index (χ0) is 8.43. The van der Waals surface area contributed by atoms with Crippen LogP contribution in [0.4, 0.5) is 0 Å². The molecule has 0 unspecified atom stereocenters. The molecule has 0 aliphatic rings. The molecule has 0 N–H and O–H groups in total. The lowest BCUT2D eigenvalue weighted by molar-refractivity contribution is 0.752. The van der Waals surface area contributed by atoms with Crippen LogP contribution in [-0.4, -0.2) is 9.78 Å². The molecule has 0 atom stereocenters. The molecular weight excluding hydrogens is 185 g/mol. The van der Waals surface area contributed by atoms with Crippen LogP contribution in [0.25, 0.3) is 0 Å². The van der Waals surface area contributed by atoms with E-state index in [1.54, 1.807) is 13.2 Å². The third kappa shape index (κ3) is 1.65. The van der Waals surface area contributed by atoms with Gasteiger partial charge in [-0.2, -0.15) is 10.4 Å². The number of alkyl halides is 2. The molecular formula is C6H5Cl2N3. The fourth-order valence-corrected chi connectivity index (χ4v) is 1.08. The highest BCUT2D eigenvalue weighted by Gasteiger charge is 2.13. The van der Waals surface area contributed by atoms with Gasteiger partial charge in [0.2, 0.25) is 0 Å². The van der Waals surface area contributed by atoms with Gasteiger partial charge in [0.05, 0.1) is 5.56 Å². The predicted octanol–water partition coefficient (Wildman–Crippen LogP) is 1.77. The smallest absolute Gasteiger partial charge is 0.152 e. The van der Waals surface area contributed by atoms with Gasteiger partial charge in [-0.05, 0) is 0 Å². The maximum Gasteiger partial charge on any atom is 0.152 e. The van der Waals surface area contributed by atoms with E-state index in [1.807, 2.05) is 6.07 Å². The van der Waals surface area contributed by atoms with Crippen molar-refractivity contribution < 1.29 is 0 Å². The first-order valence-corrected chi connectivity index (χ1v) is 3.74. The summed E-state index contributed by atoms with van der Waals surface area (Å²) >= 11 is 11.1. The minimum atomic E-state index is -0.731. The van der Waals surface area contributed by atoms with Crippen molar-refractivity contribution in [2.24, 2.45) is 7.05 Å². The Morgan fingerprint density at radius 2 is 2.36 bits per heavy atom. The van der Waals surface area contributed by atoms with E-state index in [-0.39, 0.29) is 0 Å². The predicted molar refractivity (Wildman–Crippen MR) is 42.4 cm³/mol. The lowest BCUT2D eigenvalue weighted by atomic mass is 10.3. The minimum absolute atomic E-state index is 0.415. The summed E-state index contributed by atoms with van der Waals surface area (Å²) in [4.78, 5) is -0.731. The van der Waals surface area contributed by atoms with Crippen LogP contribution in [0.3, 0.4) is 0 Å². The van der Waals surface area contributed by atoms with E-state index in [1.165, 1.54) is 4.68 Å². The third-order valence-corrected chi connectivity index (χ3v) is 1.60. The maximum atomic E-state index is 8.56. The SMILES string of the molecule is Cn1cc(C#N)c(C(Cl)Cl)n1. The molecule has 0 amide bonds. The molecule has 0 aromatic carbocycles. The number of aryl methyl sites for hydroxylation is 1. The molecule has 0 spiro atoms. The second-order valence-electron chi connectivity index (χ2n) is 2.01. The normalized spacial score (nSPS) is 10.1. The zero-order valence-electron chi connectivity index (χ0n) is 5.75. The summed E-state index contributed by atoms with van der Waals surface area (Å²) < 4.78 is 1.51. The summed E-state index contributed by atoms with van der Waals surface area (Å²) in [5.41, 5.74) is 0.834. The van der Waals surface area contributed by atoms with Gasteiger partial charge in [0, 0.05) is 13.2 Å². The standard InChI is InChI=1S/C6H5Cl2N3/c1-11-3-4(2-9)5(10-11)6(7)8/h3,6H,1H3. The Labute approximate surface area is 74.1 Å². The van der Waals surface area contributed by atoms with Gasteiger partial charge < -0.3 is 0 Å². The molecule has 1 rings (SSSR count). The molecule has 0 saturated heterocycles.